The molecular formula is C15H17BrN2O3. The molecule has 21 heavy (non-hydrogen) atoms. The molecule has 2 rings (SSSR count). The van der Waals surface area contributed by atoms with Crippen molar-refractivity contribution < 1.29 is 14.2 Å². The fourth-order valence-corrected chi connectivity index (χ4v) is 2.51. The van der Waals surface area contributed by atoms with Crippen molar-refractivity contribution in [3.63, 3.8) is 0 Å². The molecule has 0 radical (unpaired) electrons. The molecule has 1 atom stereocenters. The van der Waals surface area contributed by atoms with E-state index >= 15 is 0 Å². The summed E-state index contributed by atoms with van der Waals surface area (Å²) in [5.41, 5.74) is 1.95. The molecule has 6 heteroatoms. The Morgan fingerprint density at radius 2 is 1.62 bits per heavy atom. The zero-order valence-corrected chi connectivity index (χ0v) is 13.8. The van der Waals surface area contributed by atoms with Crippen molar-refractivity contribution in [2.75, 3.05) is 21.3 Å². The third-order valence-corrected chi connectivity index (χ3v) is 3.88. The highest BCUT2D eigenvalue weighted by Gasteiger charge is 2.13. The number of rotatable bonds is 6. The lowest BCUT2D eigenvalue weighted by Gasteiger charge is -2.13. The number of aromatic nitrogens is 2. The normalized spacial score (nSPS) is 11.8. The highest BCUT2D eigenvalue weighted by Crippen LogP contribution is 2.32. The van der Waals surface area contributed by atoms with E-state index in [-0.39, 0.29) is 4.83 Å². The van der Waals surface area contributed by atoms with Crippen LogP contribution >= 0.6 is 15.9 Å². The van der Waals surface area contributed by atoms with Crippen molar-refractivity contribution in [2.24, 2.45) is 0 Å². The molecule has 1 aromatic heterocycles. The minimum Gasteiger partial charge on any atom is -0.497 e. The number of nitrogens with zero attached hydrogens (tertiary/aromatic N) is 2. The summed E-state index contributed by atoms with van der Waals surface area (Å²) in [6.45, 7) is 0. The topological polar surface area (TPSA) is 53.5 Å². The van der Waals surface area contributed by atoms with Gasteiger partial charge in [-0.3, -0.25) is 0 Å². The second-order valence-electron chi connectivity index (χ2n) is 4.37. The SMILES string of the molecule is COc1cc(OC)cc(C(Br)Cc2cc(OC)ncn2)c1. The van der Waals surface area contributed by atoms with E-state index in [0.717, 1.165) is 22.8 Å². The number of hydrogen-bond donors (Lipinski definition) is 0. The van der Waals surface area contributed by atoms with Gasteiger partial charge < -0.3 is 14.2 Å². The van der Waals surface area contributed by atoms with Crippen LogP contribution in [-0.2, 0) is 6.42 Å². The summed E-state index contributed by atoms with van der Waals surface area (Å²) in [4.78, 5) is 8.34. The Balaban J connectivity index is 2.20. The van der Waals surface area contributed by atoms with Crippen LogP contribution in [0, 0.1) is 0 Å². The van der Waals surface area contributed by atoms with Gasteiger partial charge in [0, 0.05) is 29.1 Å². The van der Waals surface area contributed by atoms with E-state index in [2.05, 4.69) is 25.9 Å². The Labute approximate surface area is 132 Å². The Kier molecular flexibility index (Phi) is 5.38. The third kappa shape index (κ3) is 4.07. The molecule has 1 heterocycles. The van der Waals surface area contributed by atoms with Crippen LogP contribution in [0.1, 0.15) is 16.1 Å². The van der Waals surface area contributed by atoms with Gasteiger partial charge in [-0.2, -0.15) is 0 Å². The van der Waals surface area contributed by atoms with Crippen LogP contribution < -0.4 is 14.2 Å². The Bertz CT molecular complexity index is 585. The van der Waals surface area contributed by atoms with E-state index in [0.29, 0.717) is 12.3 Å². The Morgan fingerprint density at radius 1 is 0.952 bits per heavy atom. The molecule has 0 spiro atoms. The van der Waals surface area contributed by atoms with Crippen molar-refractivity contribution in [3.8, 4) is 17.4 Å². The van der Waals surface area contributed by atoms with Crippen LogP contribution in [0.2, 0.25) is 0 Å². The molecule has 0 saturated heterocycles. The van der Waals surface area contributed by atoms with Crippen LogP contribution in [0.4, 0.5) is 0 Å². The maximum Gasteiger partial charge on any atom is 0.216 e. The highest BCUT2D eigenvalue weighted by atomic mass is 79.9. The van der Waals surface area contributed by atoms with Gasteiger partial charge >= 0.3 is 0 Å². The zero-order chi connectivity index (χ0) is 15.2. The minimum atomic E-state index is 0.0844. The minimum absolute atomic E-state index is 0.0844. The van der Waals surface area contributed by atoms with Crippen molar-refractivity contribution in [1.82, 2.24) is 9.97 Å². The lowest BCUT2D eigenvalue weighted by Crippen LogP contribution is -2.00. The lowest BCUT2D eigenvalue weighted by atomic mass is 10.1. The standard InChI is InChI=1S/C15H17BrN2O3/c1-19-12-4-10(5-13(8-12)20-2)14(16)6-11-7-15(21-3)18-9-17-11/h4-5,7-9,14H,6H2,1-3H3. The fourth-order valence-electron chi connectivity index (χ4n) is 1.91. The second-order valence-corrected chi connectivity index (χ2v) is 5.47. The summed E-state index contributed by atoms with van der Waals surface area (Å²) < 4.78 is 15.7. The zero-order valence-electron chi connectivity index (χ0n) is 12.2. The molecule has 2 aromatic rings. The molecule has 0 aliphatic heterocycles. The predicted molar refractivity (Wildman–Crippen MR) is 83.5 cm³/mol. The van der Waals surface area contributed by atoms with Gasteiger partial charge in [0.1, 0.15) is 17.8 Å². The van der Waals surface area contributed by atoms with Crippen LogP contribution in [0.3, 0.4) is 0 Å². The summed E-state index contributed by atoms with van der Waals surface area (Å²) in [5, 5.41) is 0. The molecule has 1 unspecified atom stereocenters. The molecular weight excluding hydrogens is 336 g/mol. The number of hydrogen-bond acceptors (Lipinski definition) is 5. The third-order valence-electron chi connectivity index (χ3n) is 3.03. The van der Waals surface area contributed by atoms with Gasteiger partial charge in [-0.05, 0) is 17.7 Å². The number of alkyl halides is 1. The van der Waals surface area contributed by atoms with E-state index < -0.39 is 0 Å². The first-order chi connectivity index (χ1) is 10.2. The molecule has 0 bridgehead atoms. The van der Waals surface area contributed by atoms with Crippen LogP contribution in [0.15, 0.2) is 30.6 Å². The van der Waals surface area contributed by atoms with Gasteiger partial charge in [0.05, 0.1) is 21.3 Å². The van der Waals surface area contributed by atoms with Crippen molar-refractivity contribution in [2.45, 2.75) is 11.2 Å². The molecule has 0 aliphatic rings. The van der Waals surface area contributed by atoms with Gasteiger partial charge in [0.15, 0.2) is 0 Å². The second kappa shape index (κ2) is 7.26. The molecule has 0 fully saturated rings. The van der Waals surface area contributed by atoms with Crippen LogP contribution in [0.25, 0.3) is 0 Å². The molecule has 1 aromatic carbocycles. The van der Waals surface area contributed by atoms with E-state index in [1.807, 2.05) is 24.3 Å². The van der Waals surface area contributed by atoms with Crippen molar-refractivity contribution >= 4 is 15.9 Å². The van der Waals surface area contributed by atoms with Gasteiger partial charge in [0.25, 0.3) is 0 Å². The maximum atomic E-state index is 5.29. The first-order valence-corrected chi connectivity index (χ1v) is 7.29. The van der Waals surface area contributed by atoms with Crippen LogP contribution in [-0.4, -0.2) is 31.3 Å². The molecule has 0 saturated carbocycles. The van der Waals surface area contributed by atoms with Crippen molar-refractivity contribution in [1.29, 1.82) is 0 Å². The quantitative estimate of drug-likeness (QED) is 0.747. The van der Waals surface area contributed by atoms with Crippen LogP contribution in [0.5, 0.6) is 17.4 Å². The van der Waals surface area contributed by atoms with Gasteiger partial charge in [-0.1, -0.05) is 15.9 Å². The first kappa shape index (κ1) is 15.6. The molecule has 0 N–H and O–H groups in total. The molecule has 0 amide bonds. The van der Waals surface area contributed by atoms with E-state index in [1.165, 1.54) is 6.33 Å². The lowest BCUT2D eigenvalue weighted by molar-refractivity contribution is 0.393. The average Bonchev–Trinajstić information content (AvgIpc) is 2.54. The van der Waals surface area contributed by atoms with Crippen molar-refractivity contribution in [3.05, 3.63) is 41.9 Å². The summed E-state index contributed by atoms with van der Waals surface area (Å²) in [5.74, 6) is 2.08. The van der Waals surface area contributed by atoms with E-state index in [4.69, 9.17) is 14.2 Å². The molecule has 0 aliphatic carbocycles. The Morgan fingerprint density at radius 3 is 2.19 bits per heavy atom. The highest BCUT2D eigenvalue weighted by molar-refractivity contribution is 9.09. The first-order valence-electron chi connectivity index (χ1n) is 6.38. The predicted octanol–water partition coefficient (Wildman–Crippen LogP) is 3.18. The van der Waals surface area contributed by atoms with Gasteiger partial charge in [-0.25, -0.2) is 9.97 Å². The largest absolute Gasteiger partial charge is 0.497 e. The molecule has 5 nitrogen and oxygen atoms in total. The Hall–Kier alpha value is -1.82. The molecule has 112 valence electrons. The number of methoxy groups -OCH3 is 3. The summed E-state index contributed by atoms with van der Waals surface area (Å²) in [6.07, 6.45) is 2.20. The smallest absolute Gasteiger partial charge is 0.216 e. The summed E-state index contributed by atoms with van der Waals surface area (Å²) >= 11 is 3.68. The fraction of sp³-hybridized carbons (Fsp3) is 0.333. The van der Waals surface area contributed by atoms with E-state index in [9.17, 15) is 0 Å². The maximum absolute atomic E-state index is 5.29. The monoisotopic (exact) mass is 352 g/mol. The number of benzene rings is 1. The summed E-state index contributed by atoms with van der Waals surface area (Å²) in [7, 11) is 4.86. The van der Waals surface area contributed by atoms with Gasteiger partial charge in [0.2, 0.25) is 5.88 Å². The van der Waals surface area contributed by atoms with E-state index in [1.54, 1.807) is 21.3 Å². The number of ether oxygens (including phenoxy) is 3. The number of halogens is 1. The average molecular weight is 353 g/mol. The summed E-state index contributed by atoms with van der Waals surface area (Å²) in [6, 6.07) is 7.61. The van der Waals surface area contributed by atoms with Gasteiger partial charge in [-0.15, -0.1) is 0 Å².